The van der Waals surface area contributed by atoms with Crippen LogP contribution in [0.25, 0.3) is 22.9 Å². The summed E-state index contributed by atoms with van der Waals surface area (Å²) in [7, 11) is 0. The minimum atomic E-state index is -0.557. The molecule has 6 nitrogen and oxygen atoms in total. The van der Waals surface area contributed by atoms with Gasteiger partial charge in [0.2, 0.25) is 0 Å². The molecule has 3 aromatic rings. The number of imidazole rings is 1. The van der Waals surface area contributed by atoms with E-state index in [0.29, 0.717) is 41.3 Å². The van der Waals surface area contributed by atoms with Gasteiger partial charge in [-0.3, -0.25) is 0 Å². The van der Waals surface area contributed by atoms with Crippen LogP contribution in [0.3, 0.4) is 0 Å². The average Bonchev–Trinajstić information content (AvgIpc) is 3.42. The van der Waals surface area contributed by atoms with E-state index >= 15 is 0 Å². The highest BCUT2D eigenvalue weighted by molar-refractivity contribution is 7.99. The molecule has 0 aliphatic heterocycles. The predicted octanol–water partition coefficient (Wildman–Crippen LogP) is 4.76. The van der Waals surface area contributed by atoms with E-state index in [2.05, 4.69) is 16.5 Å². The maximum Gasteiger partial charge on any atom is 0.166 e. The Morgan fingerprint density at radius 3 is 2.70 bits per heavy atom. The fourth-order valence-electron chi connectivity index (χ4n) is 2.55. The number of thioether (sulfide) groups is 1. The van der Waals surface area contributed by atoms with Crippen LogP contribution in [0.15, 0.2) is 63.4 Å². The molecule has 0 aliphatic carbocycles. The van der Waals surface area contributed by atoms with Crippen molar-refractivity contribution in [2.45, 2.75) is 30.5 Å². The summed E-state index contributed by atoms with van der Waals surface area (Å²) in [6.45, 7) is 4.67. The lowest BCUT2D eigenvalue weighted by Crippen LogP contribution is -2.18. The Labute approximate surface area is 162 Å². The average molecular weight is 388 g/mol. The lowest BCUT2D eigenvalue weighted by Gasteiger charge is -2.09. The molecule has 0 aliphatic rings. The predicted molar refractivity (Wildman–Crippen MR) is 106 cm³/mol. The molecule has 0 bridgehead atoms. The number of nitrogens with zero attached hydrogens (tertiary/aromatic N) is 1. The first-order chi connectivity index (χ1) is 13.3. The van der Waals surface area contributed by atoms with Gasteiger partial charge in [0.05, 0.1) is 25.2 Å². The number of hydrogen-bond acceptors (Lipinski definition) is 6. The van der Waals surface area contributed by atoms with Crippen LogP contribution < -0.4 is 0 Å². The van der Waals surface area contributed by atoms with E-state index in [1.165, 1.54) is 11.8 Å². The van der Waals surface area contributed by atoms with Gasteiger partial charge in [0.1, 0.15) is 11.4 Å². The molecular formula is C20H24N2O4S. The van der Waals surface area contributed by atoms with Gasteiger partial charge >= 0.3 is 0 Å². The lowest BCUT2D eigenvalue weighted by atomic mass is 10.2. The van der Waals surface area contributed by atoms with E-state index in [9.17, 15) is 5.11 Å². The Bertz CT molecular complexity index is 744. The van der Waals surface area contributed by atoms with Crippen molar-refractivity contribution in [3.63, 3.8) is 0 Å². The Hall–Kier alpha value is -2.22. The first-order valence-electron chi connectivity index (χ1n) is 8.95. The second-order valence-electron chi connectivity index (χ2n) is 6.04. The van der Waals surface area contributed by atoms with Gasteiger partial charge in [-0.1, -0.05) is 17.8 Å². The number of aromatic amines is 1. The first kappa shape index (κ1) is 19.5. The van der Waals surface area contributed by atoms with Crippen LogP contribution in [0.5, 0.6) is 0 Å². The molecule has 0 amide bonds. The van der Waals surface area contributed by atoms with Gasteiger partial charge in [-0.05, 0) is 43.5 Å². The molecule has 0 spiro atoms. The molecule has 0 saturated heterocycles. The largest absolute Gasteiger partial charge is 0.463 e. The van der Waals surface area contributed by atoms with E-state index in [4.69, 9.17) is 13.6 Å². The van der Waals surface area contributed by atoms with Crippen LogP contribution in [0.2, 0.25) is 0 Å². The normalized spacial score (nSPS) is 12.3. The number of hydrogen-bond donors (Lipinski definition) is 2. The molecule has 2 N–H and O–H groups in total. The molecule has 7 heteroatoms. The standard InChI is InChI=1S/C20H24N2O4S/c1-2-3-4-5-10-24-13-15(23)14-27-20-21-18(16-8-6-11-25-16)19(22-20)17-9-7-12-26-17/h2,6-9,11-12,15,23H,1,3-5,10,13-14H2,(H,21,22). The van der Waals surface area contributed by atoms with Gasteiger partial charge in [0.25, 0.3) is 0 Å². The van der Waals surface area contributed by atoms with Crippen molar-refractivity contribution in [1.82, 2.24) is 9.97 Å². The topological polar surface area (TPSA) is 84.4 Å². The fraction of sp³-hybridized carbons (Fsp3) is 0.350. The summed E-state index contributed by atoms with van der Waals surface area (Å²) in [5.74, 6) is 1.83. The Kier molecular flexibility index (Phi) is 7.38. The number of unbranched alkanes of at least 4 members (excludes halogenated alkanes) is 2. The number of nitrogens with one attached hydrogen (secondary N) is 1. The quantitative estimate of drug-likeness (QED) is 0.264. The number of H-pyrrole nitrogens is 1. The van der Waals surface area contributed by atoms with Crippen LogP contribution in [0.1, 0.15) is 19.3 Å². The monoisotopic (exact) mass is 388 g/mol. The summed E-state index contributed by atoms with van der Waals surface area (Å²) in [6.07, 6.45) is 7.61. The SMILES string of the molecule is C=CCCCCOCC(O)CSc1nc(-c2ccco2)c(-c2ccco2)[nH]1. The molecule has 3 rings (SSSR count). The summed E-state index contributed by atoms with van der Waals surface area (Å²) >= 11 is 1.44. The Morgan fingerprint density at radius 1 is 1.22 bits per heavy atom. The Morgan fingerprint density at radius 2 is 2.00 bits per heavy atom. The first-order valence-corrected chi connectivity index (χ1v) is 9.93. The summed E-state index contributed by atoms with van der Waals surface area (Å²) in [5, 5.41) is 10.8. The second kappa shape index (κ2) is 10.2. The number of rotatable bonds is 12. The number of aliphatic hydroxyl groups excluding tert-OH is 1. The lowest BCUT2D eigenvalue weighted by molar-refractivity contribution is 0.0470. The maximum absolute atomic E-state index is 10.1. The van der Waals surface area contributed by atoms with E-state index in [-0.39, 0.29) is 0 Å². The third kappa shape index (κ3) is 5.63. The molecule has 3 aromatic heterocycles. The third-order valence-corrected chi connectivity index (χ3v) is 4.89. The van der Waals surface area contributed by atoms with Crippen molar-refractivity contribution in [2.75, 3.05) is 19.0 Å². The van der Waals surface area contributed by atoms with Crippen LogP contribution in [-0.4, -0.2) is 40.1 Å². The zero-order valence-corrected chi connectivity index (χ0v) is 15.9. The van der Waals surface area contributed by atoms with Gasteiger partial charge in [-0.15, -0.1) is 6.58 Å². The van der Waals surface area contributed by atoms with E-state index in [1.54, 1.807) is 12.5 Å². The van der Waals surface area contributed by atoms with Crippen molar-refractivity contribution < 1.29 is 18.7 Å². The number of furan rings is 2. The van der Waals surface area contributed by atoms with Crippen molar-refractivity contribution in [2.24, 2.45) is 0 Å². The zero-order chi connectivity index (χ0) is 18.9. The van der Waals surface area contributed by atoms with E-state index in [0.717, 1.165) is 25.0 Å². The fourth-order valence-corrected chi connectivity index (χ4v) is 3.32. The molecular weight excluding hydrogens is 364 g/mol. The summed E-state index contributed by atoms with van der Waals surface area (Å²) in [6, 6.07) is 7.36. The van der Waals surface area contributed by atoms with Crippen LogP contribution in [0.4, 0.5) is 0 Å². The maximum atomic E-state index is 10.1. The molecule has 144 valence electrons. The molecule has 27 heavy (non-hydrogen) atoms. The molecule has 0 aromatic carbocycles. The highest BCUT2D eigenvalue weighted by Crippen LogP contribution is 2.33. The van der Waals surface area contributed by atoms with E-state index in [1.807, 2.05) is 30.3 Å². The van der Waals surface area contributed by atoms with Crippen molar-refractivity contribution in [3.05, 3.63) is 49.4 Å². The van der Waals surface area contributed by atoms with Crippen molar-refractivity contribution >= 4 is 11.8 Å². The summed E-state index contributed by atoms with van der Waals surface area (Å²) in [5.41, 5.74) is 1.44. The smallest absolute Gasteiger partial charge is 0.166 e. The number of aromatic nitrogens is 2. The van der Waals surface area contributed by atoms with E-state index < -0.39 is 6.10 Å². The second-order valence-corrected chi connectivity index (χ2v) is 7.05. The van der Waals surface area contributed by atoms with Crippen molar-refractivity contribution in [3.8, 4) is 22.9 Å². The molecule has 1 atom stereocenters. The molecule has 1 unspecified atom stereocenters. The van der Waals surface area contributed by atoms with Gasteiger partial charge in [-0.2, -0.15) is 0 Å². The minimum absolute atomic E-state index is 0.317. The minimum Gasteiger partial charge on any atom is -0.463 e. The molecule has 0 radical (unpaired) electrons. The molecule has 0 saturated carbocycles. The number of allylic oxidation sites excluding steroid dienone is 1. The highest BCUT2D eigenvalue weighted by atomic mass is 32.2. The zero-order valence-electron chi connectivity index (χ0n) is 15.1. The highest BCUT2D eigenvalue weighted by Gasteiger charge is 2.19. The van der Waals surface area contributed by atoms with Gasteiger partial charge in [0.15, 0.2) is 16.7 Å². The van der Waals surface area contributed by atoms with Crippen LogP contribution in [0, 0.1) is 0 Å². The molecule has 3 heterocycles. The van der Waals surface area contributed by atoms with Crippen LogP contribution >= 0.6 is 11.8 Å². The van der Waals surface area contributed by atoms with Crippen molar-refractivity contribution in [1.29, 1.82) is 0 Å². The molecule has 0 fully saturated rings. The summed E-state index contributed by atoms with van der Waals surface area (Å²) in [4.78, 5) is 7.86. The number of ether oxygens (including phenoxy) is 1. The summed E-state index contributed by atoms with van der Waals surface area (Å²) < 4.78 is 16.5. The third-order valence-electron chi connectivity index (χ3n) is 3.87. The van der Waals surface area contributed by atoms with Gasteiger partial charge in [0, 0.05) is 12.4 Å². The van der Waals surface area contributed by atoms with Gasteiger partial charge in [-0.25, -0.2) is 4.98 Å². The van der Waals surface area contributed by atoms with Crippen LogP contribution in [-0.2, 0) is 4.74 Å². The number of aliphatic hydroxyl groups is 1. The Balaban J connectivity index is 1.54. The van der Waals surface area contributed by atoms with Gasteiger partial charge < -0.3 is 23.7 Å².